The highest BCUT2D eigenvalue weighted by Crippen LogP contribution is 2.22. The maximum absolute atomic E-state index is 6.31. The third-order valence-electron chi connectivity index (χ3n) is 2.90. The predicted molar refractivity (Wildman–Crippen MR) is 87.8 cm³/mol. The van der Waals surface area contributed by atoms with Gasteiger partial charge in [0.1, 0.15) is 0 Å². The van der Waals surface area contributed by atoms with Gasteiger partial charge in [-0.3, -0.25) is 4.90 Å². The first-order valence-corrected chi connectivity index (χ1v) is 7.86. The van der Waals surface area contributed by atoms with Crippen molar-refractivity contribution >= 4 is 27.5 Å². The van der Waals surface area contributed by atoms with E-state index in [1.54, 1.807) is 0 Å². The molecule has 1 aromatic carbocycles. The number of rotatable bonds is 7. The lowest BCUT2D eigenvalue weighted by Crippen LogP contribution is -2.34. The van der Waals surface area contributed by atoms with Gasteiger partial charge in [0, 0.05) is 35.7 Å². The first-order valence-electron chi connectivity index (χ1n) is 6.69. The molecule has 2 nitrogen and oxygen atoms in total. The fourth-order valence-electron chi connectivity index (χ4n) is 1.98. The van der Waals surface area contributed by atoms with E-state index >= 15 is 0 Å². The van der Waals surface area contributed by atoms with Crippen LogP contribution in [0.25, 0.3) is 0 Å². The molecule has 0 aliphatic rings. The van der Waals surface area contributed by atoms with E-state index in [4.69, 9.17) is 11.6 Å². The van der Waals surface area contributed by atoms with Gasteiger partial charge >= 0.3 is 0 Å². The number of hydrogen-bond donors (Lipinski definition) is 0. The molecular formula is C15H24BrClN2. The average Bonchev–Trinajstić information content (AvgIpc) is 2.28. The van der Waals surface area contributed by atoms with Crippen molar-refractivity contribution in [2.75, 3.05) is 33.7 Å². The van der Waals surface area contributed by atoms with Crippen LogP contribution in [0.5, 0.6) is 0 Å². The maximum Gasteiger partial charge on any atom is 0.0462 e. The highest BCUT2D eigenvalue weighted by molar-refractivity contribution is 9.10. The lowest BCUT2D eigenvalue weighted by molar-refractivity contribution is 0.212. The zero-order chi connectivity index (χ0) is 14.4. The molecule has 0 radical (unpaired) electrons. The Balaban J connectivity index is 2.69. The molecule has 0 aliphatic heterocycles. The van der Waals surface area contributed by atoms with Gasteiger partial charge < -0.3 is 4.90 Å². The standard InChI is InChI=1S/C15H24BrClN2/c1-12(2)10-19(8-7-18(3)4)11-13-5-6-14(16)9-15(13)17/h5-6,9,12H,7-8,10-11H2,1-4H3. The highest BCUT2D eigenvalue weighted by Gasteiger charge is 2.11. The van der Waals surface area contributed by atoms with Crippen LogP contribution in [0.1, 0.15) is 19.4 Å². The van der Waals surface area contributed by atoms with Crippen molar-refractivity contribution in [1.29, 1.82) is 0 Å². The second kappa shape index (κ2) is 8.25. The molecule has 0 saturated carbocycles. The Kier molecular flexibility index (Phi) is 7.37. The number of nitrogens with zero attached hydrogens (tertiary/aromatic N) is 2. The van der Waals surface area contributed by atoms with Gasteiger partial charge in [0.2, 0.25) is 0 Å². The van der Waals surface area contributed by atoms with E-state index in [2.05, 4.69) is 65.8 Å². The van der Waals surface area contributed by atoms with Crippen LogP contribution in [0.4, 0.5) is 0 Å². The quantitative estimate of drug-likeness (QED) is 0.732. The van der Waals surface area contributed by atoms with E-state index in [0.29, 0.717) is 5.92 Å². The van der Waals surface area contributed by atoms with Crippen LogP contribution in [0.15, 0.2) is 22.7 Å². The summed E-state index contributed by atoms with van der Waals surface area (Å²) < 4.78 is 1.03. The Morgan fingerprint density at radius 3 is 2.42 bits per heavy atom. The van der Waals surface area contributed by atoms with Gasteiger partial charge in [-0.15, -0.1) is 0 Å². The summed E-state index contributed by atoms with van der Waals surface area (Å²) in [4.78, 5) is 4.69. The van der Waals surface area contributed by atoms with Gasteiger partial charge in [0.05, 0.1) is 0 Å². The van der Waals surface area contributed by atoms with Gasteiger partial charge in [-0.1, -0.05) is 47.4 Å². The molecule has 4 heteroatoms. The van der Waals surface area contributed by atoms with E-state index in [1.165, 1.54) is 5.56 Å². The summed E-state index contributed by atoms with van der Waals surface area (Å²) in [5.41, 5.74) is 1.20. The lowest BCUT2D eigenvalue weighted by atomic mass is 10.1. The van der Waals surface area contributed by atoms with Crippen molar-refractivity contribution in [3.8, 4) is 0 Å². The van der Waals surface area contributed by atoms with Crippen LogP contribution in [0.2, 0.25) is 5.02 Å². The van der Waals surface area contributed by atoms with Crippen molar-refractivity contribution in [2.45, 2.75) is 20.4 Å². The SMILES string of the molecule is CC(C)CN(CCN(C)C)Cc1ccc(Br)cc1Cl. The maximum atomic E-state index is 6.31. The Labute approximate surface area is 130 Å². The Hall–Kier alpha value is -0.0900. The van der Waals surface area contributed by atoms with E-state index in [-0.39, 0.29) is 0 Å². The van der Waals surface area contributed by atoms with Gasteiger partial charge in [-0.05, 0) is 37.7 Å². The minimum Gasteiger partial charge on any atom is -0.308 e. The number of benzene rings is 1. The number of hydrogen-bond acceptors (Lipinski definition) is 2. The van der Waals surface area contributed by atoms with Crippen molar-refractivity contribution in [3.63, 3.8) is 0 Å². The molecule has 1 rings (SSSR count). The molecule has 0 N–H and O–H groups in total. The van der Waals surface area contributed by atoms with Crippen LogP contribution < -0.4 is 0 Å². The highest BCUT2D eigenvalue weighted by atomic mass is 79.9. The molecule has 0 spiro atoms. The Morgan fingerprint density at radius 2 is 1.89 bits per heavy atom. The minimum absolute atomic E-state index is 0.663. The van der Waals surface area contributed by atoms with Crippen LogP contribution in [-0.4, -0.2) is 43.5 Å². The molecule has 0 fully saturated rings. The average molecular weight is 348 g/mol. The largest absolute Gasteiger partial charge is 0.308 e. The van der Waals surface area contributed by atoms with E-state index in [9.17, 15) is 0 Å². The number of likely N-dealkylation sites (N-methyl/N-ethyl adjacent to an activating group) is 1. The second-order valence-electron chi connectivity index (χ2n) is 5.67. The monoisotopic (exact) mass is 346 g/mol. The molecule has 19 heavy (non-hydrogen) atoms. The molecule has 0 saturated heterocycles. The molecule has 0 aromatic heterocycles. The van der Waals surface area contributed by atoms with E-state index < -0.39 is 0 Å². The van der Waals surface area contributed by atoms with Crippen LogP contribution in [0, 0.1) is 5.92 Å². The molecule has 0 unspecified atom stereocenters. The van der Waals surface area contributed by atoms with Gasteiger partial charge in [-0.25, -0.2) is 0 Å². The predicted octanol–water partition coefficient (Wildman–Crippen LogP) is 4.12. The lowest BCUT2D eigenvalue weighted by Gasteiger charge is -2.26. The van der Waals surface area contributed by atoms with Crippen LogP contribution in [0.3, 0.4) is 0 Å². The summed E-state index contributed by atoms with van der Waals surface area (Å²) in [6.45, 7) is 8.66. The van der Waals surface area contributed by atoms with Crippen molar-refractivity contribution in [2.24, 2.45) is 5.92 Å². The van der Waals surface area contributed by atoms with Gasteiger partial charge in [0.15, 0.2) is 0 Å². The third kappa shape index (κ3) is 6.75. The van der Waals surface area contributed by atoms with Crippen LogP contribution >= 0.6 is 27.5 Å². The fourth-order valence-corrected chi connectivity index (χ4v) is 2.72. The van der Waals surface area contributed by atoms with Gasteiger partial charge in [-0.2, -0.15) is 0 Å². The summed E-state index contributed by atoms with van der Waals surface area (Å²) >= 11 is 9.75. The van der Waals surface area contributed by atoms with Crippen LogP contribution in [-0.2, 0) is 6.54 Å². The number of halogens is 2. The zero-order valence-corrected chi connectivity index (χ0v) is 14.6. The van der Waals surface area contributed by atoms with E-state index in [0.717, 1.165) is 35.7 Å². The molecule has 108 valence electrons. The second-order valence-corrected chi connectivity index (χ2v) is 6.99. The smallest absolute Gasteiger partial charge is 0.0462 e. The summed E-state index contributed by atoms with van der Waals surface area (Å²) in [6.07, 6.45) is 0. The van der Waals surface area contributed by atoms with Crippen molar-refractivity contribution in [1.82, 2.24) is 9.80 Å². The Bertz CT molecular complexity index is 394. The third-order valence-corrected chi connectivity index (χ3v) is 3.74. The summed E-state index contributed by atoms with van der Waals surface area (Å²) in [5.74, 6) is 0.663. The Morgan fingerprint density at radius 1 is 1.21 bits per heavy atom. The van der Waals surface area contributed by atoms with E-state index in [1.807, 2.05) is 6.07 Å². The molecule has 0 aliphatic carbocycles. The van der Waals surface area contributed by atoms with Gasteiger partial charge in [0.25, 0.3) is 0 Å². The first kappa shape index (κ1) is 17.0. The summed E-state index contributed by atoms with van der Waals surface area (Å²) in [7, 11) is 4.22. The normalized spacial score (nSPS) is 11.8. The molecule has 0 atom stereocenters. The van der Waals surface area contributed by atoms with Crippen molar-refractivity contribution < 1.29 is 0 Å². The topological polar surface area (TPSA) is 6.48 Å². The molecular weight excluding hydrogens is 324 g/mol. The fraction of sp³-hybridized carbons (Fsp3) is 0.600. The molecule has 0 bridgehead atoms. The molecule has 0 amide bonds. The summed E-state index contributed by atoms with van der Waals surface area (Å²) in [6, 6.07) is 6.13. The summed E-state index contributed by atoms with van der Waals surface area (Å²) in [5, 5.41) is 0.841. The zero-order valence-electron chi connectivity index (χ0n) is 12.3. The van der Waals surface area contributed by atoms with Crippen molar-refractivity contribution in [3.05, 3.63) is 33.3 Å². The minimum atomic E-state index is 0.663. The molecule has 0 heterocycles. The first-order chi connectivity index (χ1) is 8.88. The molecule has 1 aromatic rings.